The predicted octanol–water partition coefficient (Wildman–Crippen LogP) is 6.40. The van der Waals surface area contributed by atoms with E-state index in [1.54, 1.807) is 30.3 Å². The minimum atomic E-state index is -4.89. The second-order valence-corrected chi connectivity index (χ2v) is 12.7. The van der Waals surface area contributed by atoms with Gasteiger partial charge in [0.2, 0.25) is 11.8 Å². The van der Waals surface area contributed by atoms with Crippen molar-refractivity contribution in [2.75, 3.05) is 17.4 Å². The average molecular weight is 645 g/mol. The highest BCUT2D eigenvalue weighted by molar-refractivity contribution is 7.92. The van der Waals surface area contributed by atoms with Crippen molar-refractivity contribution in [2.24, 2.45) is 5.92 Å². The maximum absolute atomic E-state index is 13.9. The SMILES string of the molecule is CC(C)CNC(=O)[C@H](C)N(Cc1ccc(Cl)cc1)C(=O)CN(c1ccc(Cl)c(C(F)(F)F)c1)S(=O)(=O)c1ccccc1. The van der Waals surface area contributed by atoms with E-state index in [-0.39, 0.29) is 17.4 Å². The average Bonchev–Trinajstić information content (AvgIpc) is 2.94. The van der Waals surface area contributed by atoms with Crippen molar-refractivity contribution < 1.29 is 31.2 Å². The number of benzene rings is 3. The number of amides is 2. The first-order valence-corrected chi connectivity index (χ1v) is 15.1. The van der Waals surface area contributed by atoms with Gasteiger partial charge >= 0.3 is 6.18 Å². The Morgan fingerprint density at radius 2 is 1.55 bits per heavy atom. The lowest BCUT2D eigenvalue weighted by atomic mass is 10.1. The number of hydrogen-bond acceptors (Lipinski definition) is 4. The second-order valence-electron chi connectivity index (χ2n) is 9.95. The Balaban J connectivity index is 2.08. The molecular formula is C29H30Cl2F3N3O4S. The van der Waals surface area contributed by atoms with Gasteiger partial charge in [0, 0.05) is 18.1 Å². The van der Waals surface area contributed by atoms with Crippen molar-refractivity contribution in [1.82, 2.24) is 10.2 Å². The molecule has 0 saturated carbocycles. The predicted molar refractivity (Wildman–Crippen MR) is 157 cm³/mol. The molecule has 13 heteroatoms. The fourth-order valence-corrected chi connectivity index (χ4v) is 5.73. The molecule has 0 bridgehead atoms. The van der Waals surface area contributed by atoms with Gasteiger partial charge in [-0.25, -0.2) is 8.42 Å². The molecule has 3 aromatic carbocycles. The van der Waals surface area contributed by atoms with E-state index in [9.17, 15) is 31.2 Å². The molecule has 3 aromatic rings. The Bertz CT molecular complexity index is 1500. The normalized spacial score (nSPS) is 12.6. The van der Waals surface area contributed by atoms with Crippen LogP contribution in [0.25, 0.3) is 0 Å². The van der Waals surface area contributed by atoms with Crippen LogP contribution in [0.5, 0.6) is 0 Å². The molecule has 1 N–H and O–H groups in total. The zero-order valence-electron chi connectivity index (χ0n) is 23.0. The van der Waals surface area contributed by atoms with Gasteiger partial charge in [-0.05, 0) is 60.9 Å². The quantitative estimate of drug-likeness (QED) is 0.262. The second kappa shape index (κ2) is 13.8. The highest BCUT2D eigenvalue weighted by Crippen LogP contribution is 2.38. The minimum absolute atomic E-state index is 0.0973. The summed E-state index contributed by atoms with van der Waals surface area (Å²) >= 11 is 11.8. The first kappa shape index (κ1) is 33.2. The van der Waals surface area contributed by atoms with Gasteiger partial charge in [-0.1, -0.05) is 67.4 Å². The number of halogens is 5. The molecule has 7 nitrogen and oxygen atoms in total. The van der Waals surface area contributed by atoms with Gasteiger partial charge in [-0.15, -0.1) is 0 Å². The minimum Gasteiger partial charge on any atom is -0.354 e. The van der Waals surface area contributed by atoms with Gasteiger partial charge in [-0.2, -0.15) is 13.2 Å². The van der Waals surface area contributed by atoms with E-state index in [1.165, 1.54) is 36.1 Å². The molecular weight excluding hydrogens is 614 g/mol. The van der Waals surface area contributed by atoms with Gasteiger partial charge in [0.1, 0.15) is 12.6 Å². The fourth-order valence-electron chi connectivity index (χ4n) is 3.96. The Morgan fingerprint density at radius 3 is 2.12 bits per heavy atom. The summed E-state index contributed by atoms with van der Waals surface area (Å²) in [5, 5.41) is 2.57. The highest BCUT2D eigenvalue weighted by atomic mass is 35.5. The maximum Gasteiger partial charge on any atom is 0.417 e. The zero-order chi connectivity index (χ0) is 31.2. The molecule has 0 aliphatic carbocycles. The van der Waals surface area contributed by atoms with Crippen LogP contribution in [0.3, 0.4) is 0 Å². The largest absolute Gasteiger partial charge is 0.417 e. The summed E-state index contributed by atoms with van der Waals surface area (Å²) in [6, 6.07) is 15.0. The third kappa shape index (κ3) is 8.39. The van der Waals surface area contributed by atoms with E-state index < -0.39 is 56.9 Å². The van der Waals surface area contributed by atoms with Crippen molar-refractivity contribution in [2.45, 2.75) is 44.4 Å². The number of nitrogens with zero attached hydrogens (tertiary/aromatic N) is 2. The molecule has 0 unspecified atom stereocenters. The number of hydrogen-bond donors (Lipinski definition) is 1. The first-order chi connectivity index (χ1) is 19.6. The number of anilines is 1. The number of rotatable bonds is 11. The third-order valence-electron chi connectivity index (χ3n) is 6.27. The number of nitrogens with one attached hydrogen (secondary N) is 1. The van der Waals surface area contributed by atoms with Gasteiger partial charge < -0.3 is 10.2 Å². The molecule has 42 heavy (non-hydrogen) atoms. The lowest BCUT2D eigenvalue weighted by Gasteiger charge is -2.32. The molecule has 2 amide bonds. The van der Waals surface area contributed by atoms with Gasteiger partial charge in [0.05, 0.1) is 21.2 Å². The Labute approximate surface area is 253 Å². The Kier molecular flexibility index (Phi) is 10.9. The maximum atomic E-state index is 13.9. The smallest absolute Gasteiger partial charge is 0.354 e. The van der Waals surface area contributed by atoms with E-state index in [0.717, 1.165) is 12.1 Å². The molecule has 0 aliphatic rings. The van der Waals surface area contributed by atoms with Gasteiger partial charge in [0.15, 0.2) is 0 Å². The molecule has 0 radical (unpaired) electrons. The summed E-state index contributed by atoms with van der Waals surface area (Å²) < 4.78 is 69.3. The summed E-state index contributed by atoms with van der Waals surface area (Å²) in [5.41, 5.74) is -1.09. The van der Waals surface area contributed by atoms with Crippen LogP contribution < -0.4 is 9.62 Å². The van der Waals surface area contributed by atoms with Crippen LogP contribution in [0.15, 0.2) is 77.7 Å². The summed E-state index contributed by atoms with van der Waals surface area (Å²) in [7, 11) is -4.55. The fraction of sp³-hybridized carbons (Fsp3) is 0.310. The lowest BCUT2D eigenvalue weighted by molar-refractivity contribution is -0.139. The summed E-state index contributed by atoms with van der Waals surface area (Å²) in [6.45, 7) is 4.63. The van der Waals surface area contributed by atoms with Crippen molar-refractivity contribution >= 4 is 50.7 Å². The summed E-state index contributed by atoms with van der Waals surface area (Å²) in [6.07, 6.45) is -4.89. The number of sulfonamides is 1. The molecule has 0 heterocycles. The van der Waals surface area contributed by atoms with Crippen molar-refractivity contribution in [3.63, 3.8) is 0 Å². The van der Waals surface area contributed by atoms with E-state index in [0.29, 0.717) is 27.5 Å². The summed E-state index contributed by atoms with van der Waals surface area (Å²) in [4.78, 5) is 27.8. The van der Waals surface area contributed by atoms with Crippen molar-refractivity contribution in [1.29, 1.82) is 0 Å². The molecule has 0 aromatic heterocycles. The topological polar surface area (TPSA) is 86.8 Å². The van der Waals surface area contributed by atoms with E-state index >= 15 is 0 Å². The lowest BCUT2D eigenvalue weighted by Crippen LogP contribution is -2.51. The van der Waals surface area contributed by atoms with Crippen molar-refractivity contribution in [3.8, 4) is 0 Å². The standard InChI is InChI=1S/C29H30Cl2F3N3O4S/c1-19(2)16-35-28(39)20(3)36(17-21-9-11-22(30)12-10-21)27(38)18-37(42(40,41)24-7-5-4-6-8-24)23-13-14-26(31)25(15-23)29(32,33)34/h4-15,19-20H,16-18H2,1-3H3,(H,35,39)/t20-/m0/s1. The number of carbonyl (C=O) groups is 2. The Morgan fingerprint density at radius 1 is 0.929 bits per heavy atom. The number of carbonyl (C=O) groups excluding carboxylic acids is 2. The van der Waals surface area contributed by atoms with Crippen LogP contribution in [0.1, 0.15) is 31.9 Å². The van der Waals surface area contributed by atoms with Crippen LogP contribution in [-0.4, -0.2) is 44.3 Å². The van der Waals surface area contributed by atoms with Crippen LogP contribution in [-0.2, 0) is 32.3 Å². The monoisotopic (exact) mass is 643 g/mol. The highest BCUT2D eigenvalue weighted by Gasteiger charge is 2.37. The Hall–Kier alpha value is -3.28. The van der Waals surface area contributed by atoms with E-state index in [2.05, 4.69) is 5.32 Å². The molecule has 0 spiro atoms. The van der Waals surface area contributed by atoms with Gasteiger partial charge in [-0.3, -0.25) is 13.9 Å². The van der Waals surface area contributed by atoms with Crippen LogP contribution in [0.4, 0.5) is 18.9 Å². The molecule has 226 valence electrons. The molecule has 0 fully saturated rings. The molecule has 0 saturated heterocycles. The van der Waals surface area contributed by atoms with Crippen molar-refractivity contribution in [3.05, 3.63) is 94.0 Å². The van der Waals surface area contributed by atoms with Gasteiger partial charge in [0.25, 0.3) is 10.0 Å². The van der Waals surface area contributed by atoms with Crippen LogP contribution in [0, 0.1) is 5.92 Å². The van der Waals surface area contributed by atoms with Crippen LogP contribution >= 0.6 is 23.2 Å². The van der Waals surface area contributed by atoms with E-state index in [1.807, 2.05) is 13.8 Å². The number of alkyl halides is 3. The van der Waals surface area contributed by atoms with Crippen LogP contribution in [0.2, 0.25) is 10.0 Å². The summed E-state index contributed by atoms with van der Waals surface area (Å²) in [5.74, 6) is -1.17. The van der Waals surface area contributed by atoms with E-state index in [4.69, 9.17) is 23.2 Å². The third-order valence-corrected chi connectivity index (χ3v) is 8.64. The zero-order valence-corrected chi connectivity index (χ0v) is 25.4. The molecule has 0 aliphatic heterocycles. The first-order valence-electron chi connectivity index (χ1n) is 12.9. The molecule has 3 rings (SSSR count). The molecule has 1 atom stereocenters.